The Morgan fingerprint density at radius 1 is 0.629 bits per heavy atom. The number of amides is 1. The summed E-state index contributed by atoms with van der Waals surface area (Å²) < 4.78 is 22.7. The first-order chi connectivity index (χ1) is 17.2. The Morgan fingerprint density at radius 3 is 1.80 bits per heavy atom. The van der Waals surface area contributed by atoms with Crippen molar-refractivity contribution in [3.63, 3.8) is 0 Å². The summed E-state index contributed by atoms with van der Waals surface area (Å²) in [5.74, 6) is 1.89. The molecule has 0 saturated heterocycles. The Kier molecular flexibility index (Phi) is 7.86. The number of benzene rings is 4. The van der Waals surface area contributed by atoms with Crippen LogP contribution in [0, 0.1) is 0 Å². The first-order valence-electron chi connectivity index (χ1n) is 11.2. The Hall–Kier alpha value is -4.45. The van der Waals surface area contributed by atoms with E-state index in [1.807, 2.05) is 60.7 Å². The van der Waals surface area contributed by atoms with Crippen LogP contribution < -0.4 is 24.3 Å². The van der Waals surface area contributed by atoms with Crippen LogP contribution in [0.25, 0.3) is 0 Å². The third kappa shape index (κ3) is 6.32. The molecule has 4 aromatic carbocycles. The van der Waals surface area contributed by atoms with Crippen molar-refractivity contribution in [1.29, 1.82) is 0 Å². The van der Waals surface area contributed by atoms with E-state index in [4.69, 9.17) is 18.9 Å². The molecule has 1 N–H and O–H groups in total. The summed E-state index contributed by atoms with van der Waals surface area (Å²) in [5, 5.41) is 2.91. The van der Waals surface area contributed by atoms with Gasteiger partial charge in [0.2, 0.25) is 0 Å². The van der Waals surface area contributed by atoms with Gasteiger partial charge in [-0.05, 0) is 41.5 Å². The molecule has 0 fully saturated rings. The molecule has 6 nitrogen and oxygen atoms in total. The van der Waals surface area contributed by atoms with Crippen LogP contribution in [0.5, 0.6) is 23.0 Å². The minimum absolute atomic E-state index is 0.280. The monoisotopic (exact) mass is 469 g/mol. The summed E-state index contributed by atoms with van der Waals surface area (Å²) in [6.07, 6.45) is 0. The van der Waals surface area contributed by atoms with E-state index in [0.717, 1.165) is 11.1 Å². The highest BCUT2D eigenvalue weighted by atomic mass is 16.5. The molecule has 6 heteroatoms. The van der Waals surface area contributed by atoms with E-state index in [1.54, 1.807) is 50.6 Å². The highest BCUT2D eigenvalue weighted by molar-refractivity contribution is 6.04. The number of anilines is 1. The van der Waals surface area contributed by atoms with Crippen molar-refractivity contribution in [2.24, 2.45) is 0 Å². The van der Waals surface area contributed by atoms with E-state index >= 15 is 0 Å². The minimum atomic E-state index is -0.280. The van der Waals surface area contributed by atoms with E-state index in [0.29, 0.717) is 47.5 Å². The standard InChI is InChI=1S/C29H27NO5/c1-32-25-16-14-24(18-28(25)35-20-22-11-7-4-8-12-22)30-29(31)23-13-15-26(27(17-23)33-2)34-19-21-9-5-3-6-10-21/h3-18H,19-20H2,1-2H3,(H,30,31). The second kappa shape index (κ2) is 11.6. The van der Waals surface area contributed by atoms with Gasteiger partial charge in [0.1, 0.15) is 13.2 Å². The molecule has 0 aliphatic heterocycles. The topological polar surface area (TPSA) is 66.0 Å². The quantitative estimate of drug-likeness (QED) is 0.303. The van der Waals surface area contributed by atoms with Crippen LogP contribution in [-0.4, -0.2) is 20.1 Å². The van der Waals surface area contributed by atoms with E-state index in [-0.39, 0.29) is 5.91 Å². The van der Waals surface area contributed by atoms with Gasteiger partial charge in [0, 0.05) is 17.3 Å². The molecule has 0 spiro atoms. The first kappa shape index (κ1) is 23.7. The van der Waals surface area contributed by atoms with E-state index in [2.05, 4.69) is 5.32 Å². The van der Waals surface area contributed by atoms with Crippen molar-refractivity contribution in [1.82, 2.24) is 0 Å². The van der Waals surface area contributed by atoms with Crippen molar-refractivity contribution in [2.45, 2.75) is 13.2 Å². The Morgan fingerprint density at radius 2 is 1.20 bits per heavy atom. The highest BCUT2D eigenvalue weighted by Gasteiger charge is 2.14. The van der Waals surface area contributed by atoms with Crippen molar-refractivity contribution >= 4 is 11.6 Å². The summed E-state index contributed by atoms with van der Waals surface area (Å²) in [6.45, 7) is 0.788. The van der Waals surface area contributed by atoms with Crippen molar-refractivity contribution < 1.29 is 23.7 Å². The third-order valence-electron chi connectivity index (χ3n) is 5.32. The molecule has 0 aliphatic carbocycles. The van der Waals surface area contributed by atoms with Crippen LogP contribution >= 0.6 is 0 Å². The molecule has 0 atom stereocenters. The van der Waals surface area contributed by atoms with Crippen LogP contribution in [0.3, 0.4) is 0 Å². The predicted molar refractivity (Wildman–Crippen MR) is 135 cm³/mol. The molecule has 0 heterocycles. The van der Waals surface area contributed by atoms with Gasteiger partial charge in [-0.15, -0.1) is 0 Å². The Labute approximate surface area is 205 Å². The molecule has 0 aliphatic rings. The molecule has 178 valence electrons. The molecule has 0 saturated carbocycles. The number of carbonyl (C=O) groups is 1. The van der Waals surface area contributed by atoms with Crippen LogP contribution in [-0.2, 0) is 13.2 Å². The number of ether oxygens (including phenoxy) is 4. The average Bonchev–Trinajstić information content (AvgIpc) is 2.92. The molecule has 1 amide bonds. The second-order valence-electron chi connectivity index (χ2n) is 7.73. The zero-order chi connectivity index (χ0) is 24.5. The van der Waals surface area contributed by atoms with Gasteiger partial charge in [0.25, 0.3) is 5.91 Å². The summed E-state index contributed by atoms with van der Waals surface area (Å²) >= 11 is 0. The largest absolute Gasteiger partial charge is 0.493 e. The van der Waals surface area contributed by atoms with Gasteiger partial charge >= 0.3 is 0 Å². The van der Waals surface area contributed by atoms with Gasteiger partial charge in [-0.1, -0.05) is 60.7 Å². The average molecular weight is 470 g/mol. The number of methoxy groups -OCH3 is 2. The van der Waals surface area contributed by atoms with Gasteiger partial charge in [-0.25, -0.2) is 0 Å². The van der Waals surface area contributed by atoms with Crippen LogP contribution in [0.15, 0.2) is 97.1 Å². The number of hydrogen-bond acceptors (Lipinski definition) is 5. The summed E-state index contributed by atoms with van der Waals surface area (Å²) in [7, 11) is 3.13. The fourth-order valence-electron chi connectivity index (χ4n) is 3.47. The van der Waals surface area contributed by atoms with Crippen LogP contribution in [0.2, 0.25) is 0 Å². The fraction of sp³-hybridized carbons (Fsp3) is 0.138. The molecule has 0 aromatic heterocycles. The maximum atomic E-state index is 12.9. The van der Waals surface area contributed by atoms with Crippen molar-refractivity contribution in [2.75, 3.05) is 19.5 Å². The summed E-state index contributed by atoms with van der Waals surface area (Å²) in [6, 6.07) is 30.1. The number of nitrogens with one attached hydrogen (secondary N) is 1. The predicted octanol–water partition coefficient (Wildman–Crippen LogP) is 6.11. The number of carbonyl (C=O) groups excluding carboxylic acids is 1. The highest BCUT2D eigenvalue weighted by Crippen LogP contribution is 2.32. The lowest BCUT2D eigenvalue weighted by molar-refractivity contribution is 0.102. The summed E-state index contributed by atoms with van der Waals surface area (Å²) in [5.41, 5.74) is 3.10. The minimum Gasteiger partial charge on any atom is -0.493 e. The van der Waals surface area contributed by atoms with Gasteiger partial charge in [-0.3, -0.25) is 4.79 Å². The van der Waals surface area contributed by atoms with Crippen LogP contribution in [0.1, 0.15) is 21.5 Å². The zero-order valence-electron chi connectivity index (χ0n) is 19.7. The fourth-order valence-corrected chi connectivity index (χ4v) is 3.47. The lowest BCUT2D eigenvalue weighted by Gasteiger charge is -2.14. The molecule has 0 bridgehead atoms. The van der Waals surface area contributed by atoms with E-state index < -0.39 is 0 Å². The molecule has 35 heavy (non-hydrogen) atoms. The first-order valence-corrected chi connectivity index (χ1v) is 11.2. The van der Waals surface area contributed by atoms with Crippen LogP contribution in [0.4, 0.5) is 5.69 Å². The Balaban J connectivity index is 1.44. The number of rotatable bonds is 10. The molecule has 4 rings (SSSR count). The van der Waals surface area contributed by atoms with E-state index in [1.165, 1.54) is 0 Å². The van der Waals surface area contributed by atoms with Gasteiger partial charge in [-0.2, -0.15) is 0 Å². The molecule has 0 radical (unpaired) electrons. The normalized spacial score (nSPS) is 10.3. The van der Waals surface area contributed by atoms with Crippen molar-refractivity contribution in [3.8, 4) is 23.0 Å². The maximum Gasteiger partial charge on any atom is 0.255 e. The third-order valence-corrected chi connectivity index (χ3v) is 5.32. The van der Waals surface area contributed by atoms with Crippen molar-refractivity contribution in [3.05, 3.63) is 114 Å². The number of hydrogen-bond donors (Lipinski definition) is 1. The Bertz CT molecular complexity index is 1260. The zero-order valence-corrected chi connectivity index (χ0v) is 19.7. The lowest BCUT2D eigenvalue weighted by atomic mass is 10.1. The van der Waals surface area contributed by atoms with Gasteiger partial charge in [0.05, 0.1) is 14.2 Å². The molecular weight excluding hydrogens is 442 g/mol. The molecular formula is C29H27NO5. The molecule has 0 unspecified atom stereocenters. The smallest absolute Gasteiger partial charge is 0.255 e. The maximum absolute atomic E-state index is 12.9. The van der Waals surface area contributed by atoms with Gasteiger partial charge < -0.3 is 24.3 Å². The van der Waals surface area contributed by atoms with Gasteiger partial charge in [0.15, 0.2) is 23.0 Å². The summed E-state index contributed by atoms with van der Waals surface area (Å²) in [4.78, 5) is 12.9. The SMILES string of the molecule is COc1cc(C(=O)Nc2ccc(OC)c(OCc3ccccc3)c2)ccc1OCc1ccccc1. The van der Waals surface area contributed by atoms with E-state index in [9.17, 15) is 4.79 Å². The second-order valence-corrected chi connectivity index (χ2v) is 7.73. The lowest BCUT2D eigenvalue weighted by Crippen LogP contribution is -2.12. The molecule has 4 aromatic rings.